The van der Waals surface area contributed by atoms with Gasteiger partial charge in [0, 0.05) is 29.3 Å². The van der Waals surface area contributed by atoms with Gasteiger partial charge >= 0.3 is 0 Å². The van der Waals surface area contributed by atoms with E-state index in [1.807, 2.05) is 12.1 Å². The van der Waals surface area contributed by atoms with E-state index >= 15 is 0 Å². The van der Waals surface area contributed by atoms with Gasteiger partial charge < -0.3 is 5.32 Å². The van der Waals surface area contributed by atoms with Crippen LogP contribution in [0.15, 0.2) is 48.5 Å². The molecule has 5 nitrogen and oxygen atoms in total. The molecule has 0 aliphatic heterocycles. The fraction of sp³-hybridized carbons (Fsp3) is 0.133. The van der Waals surface area contributed by atoms with E-state index in [0.717, 1.165) is 12.0 Å². The minimum absolute atomic E-state index is 0.0445. The number of rotatable bonds is 5. The van der Waals surface area contributed by atoms with Gasteiger partial charge in [0.05, 0.1) is 4.92 Å². The standard InChI is InChI=1S/C15H13ClN2O3/c16-10-9-11-1-5-13(6-2-11)17-15(19)12-3-7-14(8-4-12)18(20)21/h1-8H,9-10H2,(H,17,19). The zero-order valence-corrected chi connectivity index (χ0v) is 11.8. The van der Waals surface area contributed by atoms with Gasteiger partial charge in [0.1, 0.15) is 0 Å². The number of non-ortho nitro benzene ring substituents is 1. The van der Waals surface area contributed by atoms with Crippen molar-refractivity contribution in [3.05, 3.63) is 69.8 Å². The number of carbonyl (C=O) groups excluding carboxylic acids is 1. The minimum Gasteiger partial charge on any atom is -0.322 e. The molecule has 0 saturated heterocycles. The predicted octanol–water partition coefficient (Wildman–Crippen LogP) is 3.63. The maximum Gasteiger partial charge on any atom is 0.269 e. The first-order valence-electron chi connectivity index (χ1n) is 6.31. The Balaban J connectivity index is 2.05. The van der Waals surface area contributed by atoms with Crippen molar-refractivity contribution in [3.8, 4) is 0 Å². The van der Waals surface area contributed by atoms with E-state index < -0.39 is 4.92 Å². The smallest absolute Gasteiger partial charge is 0.269 e. The molecule has 0 heterocycles. The summed E-state index contributed by atoms with van der Waals surface area (Å²) < 4.78 is 0. The molecule has 0 fully saturated rings. The number of alkyl halides is 1. The van der Waals surface area contributed by atoms with Gasteiger partial charge in [-0.1, -0.05) is 12.1 Å². The number of carbonyl (C=O) groups is 1. The molecular weight excluding hydrogens is 292 g/mol. The highest BCUT2D eigenvalue weighted by Crippen LogP contribution is 2.15. The molecule has 6 heteroatoms. The Morgan fingerprint density at radius 2 is 1.71 bits per heavy atom. The molecule has 0 aromatic heterocycles. The number of nitrogens with one attached hydrogen (secondary N) is 1. The van der Waals surface area contributed by atoms with Crippen LogP contribution >= 0.6 is 11.6 Å². The molecule has 0 aliphatic carbocycles. The number of halogens is 1. The molecular formula is C15H13ClN2O3. The van der Waals surface area contributed by atoms with E-state index in [0.29, 0.717) is 17.1 Å². The first kappa shape index (κ1) is 15.0. The van der Waals surface area contributed by atoms with E-state index in [9.17, 15) is 14.9 Å². The van der Waals surface area contributed by atoms with Gasteiger partial charge in [-0.25, -0.2) is 0 Å². The Kier molecular flexibility index (Phi) is 4.90. The summed E-state index contributed by atoms with van der Waals surface area (Å²) >= 11 is 5.66. The van der Waals surface area contributed by atoms with E-state index in [2.05, 4.69) is 5.32 Å². The third-order valence-corrected chi connectivity index (χ3v) is 3.12. The summed E-state index contributed by atoms with van der Waals surface area (Å²) in [6.07, 6.45) is 0.776. The van der Waals surface area contributed by atoms with Crippen molar-refractivity contribution in [3.63, 3.8) is 0 Å². The van der Waals surface area contributed by atoms with Crippen LogP contribution in [-0.2, 0) is 6.42 Å². The molecule has 2 rings (SSSR count). The maximum atomic E-state index is 12.0. The number of hydrogen-bond acceptors (Lipinski definition) is 3. The Bertz CT molecular complexity index is 639. The number of nitro benzene ring substituents is 1. The first-order valence-corrected chi connectivity index (χ1v) is 6.84. The lowest BCUT2D eigenvalue weighted by Crippen LogP contribution is -2.11. The van der Waals surface area contributed by atoms with Crippen molar-refractivity contribution in [2.75, 3.05) is 11.2 Å². The molecule has 0 unspecified atom stereocenters. The Morgan fingerprint density at radius 3 is 2.24 bits per heavy atom. The second kappa shape index (κ2) is 6.85. The van der Waals surface area contributed by atoms with Gasteiger partial charge in [-0.3, -0.25) is 14.9 Å². The fourth-order valence-corrected chi connectivity index (χ4v) is 2.02. The highest BCUT2D eigenvalue weighted by atomic mass is 35.5. The Morgan fingerprint density at radius 1 is 1.10 bits per heavy atom. The van der Waals surface area contributed by atoms with E-state index in [4.69, 9.17) is 11.6 Å². The zero-order valence-electron chi connectivity index (χ0n) is 11.1. The predicted molar refractivity (Wildman–Crippen MR) is 81.9 cm³/mol. The lowest BCUT2D eigenvalue weighted by molar-refractivity contribution is -0.384. The van der Waals surface area contributed by atoms with Gasteiger partial charge in [0.25, 0.3) is 11.6 Å². The number of hydrogen-bond donors (Lipinski definition) is 1. The van der Waals surface area contributed by atoms with E-state index in [1.165, 1.54) is 24.3 Å². The van der Waals surface area contributed by atoms with E-state index in [1.54, 1.807) is 12.1 Å². The number of nitrogens with zero attached hydrogens (tertiary/aromatic N) is 1. The summed E-state index contributed by atoms with van der Waals surface area (Å²) in [5, 5.41) is 13.3. The molecule has 1 N–H and O–H groups in total. The van der Waals surface area contributed by atoms with Crippen LogP contribution in [0.3, 0.4) is 0 Å². The van der Waals surface area contributed by atoms with Crippen LogP contribution in [0.4, 0.5) is 11.4 Å². The highest BCUT2D eigenvalue weighted by Gasteiger charge is 2.09. The highest BCUT2D eigenvalue weighted by molar-refractivity contribution is 6.18. The molecule has 0 radical (unpaired) electrons. The average molecular weight is 305 g/mol. The summed E-state index contributed by atoms with van der Waals surface area (Å²) in [7, 11) is 0. The lowest BCUT2D eigenvalue weighted by Gasteiger charge is -2.06. The molecule has 0 saturated carbocycles. The zero-order chi connectivity index (χ0) is 15.2. The molecule has 21 heavy (non-hydrogen) atoms. The van der Waals surface area contributed by atoms with Crippen LogP contribution in [0.1, 0.15) is 15.9 Å². The quantitative estimate of drug-likeness (QED) is 0.521. The fourth-order valence-electron chi connectivity index (χ4n) is 1.80. The summed E-state index contributed by atoms with van der Waals surface area (Å²) in [6.45, 7) is 0. The maximum absolute atomic E-state index is 12.0. The number of benzene rings is 2. The summed E-state index contributed by atoms with van der Waals surface area (Å²) in [5.74, 6) is 0.240. The molecule has 0 spiro atoms. The van der Waals surface area contributed by atoms with Crippen molar-refractivity contribution in [1.82, 2.24) is 0 Å². The molecule has 0 aliphatic rings. The lowest BCUT2D eigenvalue weighted by atomic mass is 10.1. The molecule has 108 valence electrons. The van der Waals surface area contributed by atoms with Crippen molar-refractivity contribution < 1.29 is 9.72 Å². The van der Waals surface area contributed by atoms with E-state index in [-0.39, 0.29) is 11.6 Å². The van der Waals surface area contributed by atoms with Crippen LogP contribution in [0.25, 0.3) is 0 Å². The third kappa shape index (κ3) is 4.03. The molecule has 2 aromatic carbocycles. The van der Waals surface area contributed by atoms with Crippen molar-refractivity contribution in [2.45, 2.75) is 6.42 Å². The topological polar surface area (TPSA) is 72.2 Å². The summed E-state index contributed by atoms with van der Waals surface area (Å²) in [6, 6.07) is 12.8. The second-order valence-corrected chi connectivity index (χ2v) is 4.77. The van der Waals surface area contributed by atoms with Crippen molar-refractivity contribution in [2.24, 2.45) is 0 Å². The Labute approximate surface area is 126 Å². The Hall–Kier alpha value is -2.40. The number of nitro groups is 1. The van der Waals surface area contributed by atoms with Crippen molar-refractivity contribution in [1.29, 1.82) is 0 Å². The summed E-state index contributed by atoms with van der Waals surface area (Å²) in [4.78, 5) is 22.1. The van der Waals surface area contributed by atoms with Crippen LogP contribution in [0.5, 0.6) is 0 Å². The van der Waals surface area contributed by atoms with Gasteiger partial charge in [-0.2, -0.15) is 0 Å². The number of aryl methyl sites for hydroxylation is 1. The first-order chi connectivity index (χ1) is 10.1. The summed E-state index contributed by atoms with van der Waals surface area (Å²) in [5.41, 5.74) is 2.08. The van der Waals surface area contributed by atoms with Gasteiger partial charge in [-0.05, 0) is 36.2 Å². The monoisotopic (exact) mass is 304 g/mol. The second-order valence-electron chi connectivity index (χ2n) is 4.39. The molecule has 0 atom stereocenters. The third-order valence-electron chi connectivity index (χ3n) is 2.94. The SMILES string of the molecule is O=C(Nc1ccc(CCCl)cc1)c1ccc([N+](=O)[O-])cc1. The molecule has 0 bridgehead atoms. The average Bonchev–Trinajstić information content (AvgIpc) is 2.49. The van der Waals surface area contributed by atoms with Gasteiger partial charge in [0.2, 0.25) is 0 Å². The minimum atomic E-state index is -0.503. The van der Waals surface area contributed by atoms with Crippen molar-refractivity contribution >= 4 is 28.9 Å². The van der Waals surface area contributed by atoms with Gasteiger partial charge in [0.15, 0.2) is 0 Å². The van der Waals surface area contributed by atoms with Crippen LogP contribution in [-0.4, -0.2) is 16.7 Å². The molecule has 1 amide bonds. The normalized spacial score (nSPS) is 10.1. The number of amides is 1. The van der Waals surface area contributed by atoms with Gasteiger partial charge in [-0.15, -0.1) is 11.6 Å². The van der Waals surface area contributed by atoms with Crippen LogP contribution in [0.2, 0.25) is 0 Å². The number of anilines is 1. The largest absolute Gasteiger partial charge is 0.322 e. The van der Waals surface area contributed by atoms with Crippen LogP contribution < -0.4 is 5.32 Å². The van der Waals surface area contributed by atoms with Crippen LogP contribution in [0, 0.1) is 10.1 Å². The molecule has 2 aromatic rings.